The summed E-state index contributed by atoms with van der Waals surface area (Å²) in [5, 5.41) is 19.9. The Morgan fingerprint density at radius 3 is 2.59 bits per heavy atom. The number of aromatic nitrogens is 3. The number of hydrogen-bond acceptors (Lipinski definition) is 5. The van der Waals surface area contributed by atoms with Gasteiger partial charge in [0, 0.05) is 42.6 Å². The van der Waals surface area contributed by atoms with Crippen LogP contribution in [0.5, 0.6) is 0 Å². The van der Waals surface area contributed by atoms with E-state index in [0.29, 0.717) is 18.7 Å². The molecule has 3 heterocycles. The van der Waals surface area contributed by atoms with E-state index in [1.165, 1.54) is 4.90 Å². The van der Waals surface area contributed by atoms with Crippen molar-refractivity contribution in [2.45, 2.75) is 25.9 Å². The van der Waals surface area contributed by atoms with E-state index in [-0.39, 0.29) is 12.1 Å². The number of nitrogens with zero attached hydrogens (tertiary/aromatic N) is 6. The van der Waals surface area contributed by atoms with E-state index in [1.807, 2.05) is 61.0 Å². The molecule has 4 aromatic rings. The highest BCUT2D eigenvalue weighted by Crippen LogP contribution is 2.38. The fourth-order valence-electron chi connectivity index (χ4n) is 4.71. The maximum Gasteiger partial charge on any atom is 0.407 e. The number of anilines is 1. The lowest BCUT2D eigenvalue weighted by atomic mass is 10.0. The minimum atomic E-state index is -0.902. The molecule has 2 aromatic carbocycles. The summed E-state index contributed by atoms with van der Waals surface area (Å²) < 4.78 is 1.99. The van der Waals surface area contributed by atoms with Gasteiger partial charge in [0.1, 0.15) is 12.1 Å². The van der Waals surface area contributed by atoms with Crippen molar-refractivity contribution in [2.75, 3.05) is 18.0 Å². The number of carboxylic acid groups (broad SMARTS) is 1. The van der Waals surface area contributed by atoms with Crippen LogP contribution in [0.2, 0.25) is 0 Å². The van der Waals surface area contributed by atoms with Crippen molar-refractivity contribution in [3.05, 3.63) is 72.7 Å². The molecule has 5 rings (SSSR count). The van der Waals surface area contributed by atoms with Crippen LogP contribution in [0, 0.1) is 11.3 Å². The van der Waals surface area contributed by atoms with E-state index in [4.69, 9.17) is 4.98 Å². The molecule has 8 heteroatoms. The van der Waals surface area contributed by atoms with E-state index in [1.54, 1.807) is 12.4 Å². The highest BCUT2D eigenvalue weighted by atomic mass is 16.4. The van der Waals surface area contributed by atoms with Crippen molar-refractivity contribution >= 4 is 22.9 Å². The number of amides is 1. The van der Waals surface area contributed by atoms with E-state index >= 15 is 0 Å². The summed E-state index contributed by atoms with van der Waals surface area (Å²) in [6.45, 7) is 4.86. The molecule has 0 aliphatic carbocycles. The van der Waals surface area contributed by atoms with Gasteiger partial charge in [-0.2, -0.15) is 5.26 Å². The number of hydrogen-bond donors (Lipinski definition) is 1. The van der Waals surface area contributed by atoms with Crippen molar-refractivity contribution in [1.29, 1.82) is 5.26 Å². The Morgan fingerprint density at radius 1 is 1.06 bits per heavy atom. The molecule has 2 atom stereocenters. The van der Waals surface area contributed by atoms with Gasteiger partial charge in [-0.1, -0.05) is 36.4 Å². The Balaban J connectivity index is 1.72. The molecule has 2 aromatic heterocycles. The molecular formula is C26H24N6O2. The standard InChI is InChI=1S/C26H24N6O2/c1-17-14-31(26(33)34)18(2)13-30(17)24-23-22(20-8-4-3-5-9-20)15-32(25(23)29-16-28-24)21-10-6-7-19(11-21)12-27/h3-11,15-18H,13-14H2,1-2H3,(H,33,34). The van der Waals surface area contributed by atoms with Crippen LogP contribution in [0.3, 0.4) is 0 Å². The second-order valence-corrected chi connectivity index (χ2v) is 8.62. The van der Waals surface area contributed by atoms with Crippen LogP contribution in [0.4, 0.5) is 10.6 Å². The molecule has 170 valence electrons. The van der Waals surface area contributed by atoms with Crippen molar-refractivity contribution < 1.29 is 9.90 Å². The van der Waals surface area contributed by atoms with Crippen LogP contribution in [0.15, 0.2) is 67.1 Å². The van der Waals surface area contributed by atoms with Gasteiger partial charge >= 0.3 is 6.09 Å². The monoisotopic (exact) mass is 452 g/mol. The predicted molar refractivity (Wildman–Crippen MR) is 130 cm³/mol. The summed E-state index contributed by atoms with van der Waals surface area (Å²) in [6.07, 6.45) is 2.69. The lowest BCUT2D eigenvalue weighted by Crippen LogP contribution is -2.58. The molecule has 0 radical (unpaired) electrons. The van der Waals surface area contributed by atoms with E-state index in [2.05, 4.69) is 28.1 Å². The zero-order valence-corrected chi connectivity index (χ0v) is 19.0. The second-order valence-electron chi connectivity index (χ2n) is 8.62. The number of piperazine rings is 1. The summed E-state index contributed by atoms with van der Waals surface area (Å²) in [7, 11) is 0. The van der Waals surface area contributed by atoms with Gasteiger partial charge in [-0.15, -0.1) is 0 Å². The maximum atomic E-state index is 11.7. The number of nitriles is 1. The number of rotatable bonds is 3. The summed E-state index contributed by atoms with van der Waals surface area (Å²) in [6, 6.07) is 19.5. The Bertz CT molecular complexity index is 1410. The maximum absolute atomic E-state index is 11.7. The van der Waals surface area contributed by atoms with E-state index in [9.17, 15) is 15.2 Å². The minimum absolute atomic E-state index is 0.0562. The van der Waals surface area contributed by atoms with Crippen LogP contribution in [0.25, 0.3) is 27.8 Å². The quantitative estimate of drug-likeness (QED) is 0.490. The molecule has 1 aliphatic rings. The Labute approximate surface area is 197 Å². The lowest BCUT2D eigenvalue weighted by Gasteiger charge is -2.43. The molecule has 34 heavy (non-hydrogen) atoms. The third kappa shape index (κ3) is 3.61. The van der Waals surface area contributed by atoms with Crippen molar-refractivity contribution in [3.8, 4) is 22.9 Å². The average Bonchev–Trinajstić information content (AvgIpc) is 3.26. The minimum Gasteiger partial charge on any atom is -0.465 e. The van der Waals surface area contributed by atoms with Gasteiger partial charge in [-0.05, 0) is 37.6 Å². The first-order valence-corrected chi connectivity index (χ1v) is 11.2. The van der Waals surface area contributed by atoms with Crippen LogP contribution in [-0.4, -0.2) is 55.8 Å². The first kappa shape index (κ1) is 21.5. The van der Waals surface area contributed by atoms with Crippen molar-refractivity contribution in [2.24, 2.45) is 0 Å². The van der Waals surface area contributed by atoms with Crippen LogP contribution in [-0.2, 0) is 0 Å². The van der Waals surface area contributed by atoms with Crippen LogP contribution in [0.1, 0.15) is 19.4 Å². The molecule has 2 unspecified atom stereocenters. The smallest absolute Gasteiger partial charge is 0.407 e. The first-order valence-electron chi connectivity index (χ1n) is 11.2. The molecule has 0 saturated carbocycles. The summed E-state index contributed by atoms with van der Waals surface area (Å²) in [5.41, 5.74) is 4.16. The lowest BCUT2D eigenvalue weighted by molar-refractivity contribution is 0.114. The summed E-state index contributed by atoms with van der Waals surface area (Å²) in [4.78, 5) is 24.7. The molecule has 1 N–H and O–H groups in total. The first-order chi connectivity index (χ1) is 16.5. The molecule has 8 nitrogen and oxygen atoms in total. The van der Waals surface area contributed by atoms with Gasteiger partial charge in [-0.3, -0.25) is 0 Å². The summed E-state index contributed by atoms with van der Waals surface area (Å²) in [5.74, 6) is 0.781. The van der Waals surface area contributed by atoms with Gasteiger partial charge in [0.2, 0.25) is 0 Å². The van der Waals surface area contributed by atoms with Crippen LogP contribution >= 0.6 is 0 Å². The fraction of sp³-hybridized carbons (Fsp3) is 0.231. The van der Waals surface area contributed by atoms with Crippen molar-refractivity contribution in [3.63, 3.8) is 0 Å². The van der Waals surface area contributed by atoms with Crippen LogP contribution < -0.4 is 4.90 Å². The topological polar surface area (TPSA) is 98.3 Å². The number of benzene rings is 2. The highest BCUT2D eigenvalue weighted by molar-refractivity contribution is 6.02. The Hall–Kier alpha value is -4.38. The molecule has 0 spiro atoms. The zero-order chi connectivity index (χ0) is 23.8. The van der Waals surface area contributed by atoms with E-state index < -0.39 is 6.09 Å². The van der Waals surface area contributed by atoms with Crippen molar-refractivity contribution in [1.82, 2.24) is 19.4 Å². The third-order valence-electron chi connectivity index (χ3n) is 6.40. The molecule has 1 saturated heterocycles. The highest BCUT2D eigenvalue weighted by Gasteiger charge is 2.34. The third-order valence-corrected chi connectivity index (χ3v) is 6.40. The zero-order valence-electron chi connectivity index (χ0n) is 19.0. The van der Waals surface area contributed by atoms with Gasteiger partial charge in [0.15, 0.2) is 5.65 Å². The van der Waals surface area contributed by atoms with Gasteiger partial charge in [-0.25, -0.2) is 14.8 Å². The van der Waals surface area contributed by atoms with E-state index in [0.717, 1.165) is 33.7 Å². The van der Waals surface area contributed by atoms with Gasteiger partial charge in [0.05, 0.1) is 17.0 Å². The normalized spacial score (nSPS) is 18.1. The van der Waals surface area contributed by atoms with Gasteiger partial charge < -0.3 is 19.5 Å². The van der Waals surface area contributed by atoms with Gasteiger partial charge in [0.25, 0.3) is 0 Å². The second kappa shape index (κ2) is 8.52. The Morgan fingerprint density at radius 2 is 1.85 bits per heavy atom. The molecule has 1 aliphatic heterocycles. The molecule has 1 fully saturated rings. The largest absolute Gasteiger partial charge is 0.465 e. The average molecular weight is 453 g/mol. The fourth-order valence-corrected chi connectivity index (χ4v) is 4.71. The number of fused-ring (bicyclic) bond motifs is 1. The summed E-state index contributed by atoms with van der Waals surface area (Å²) >= 11 is 0. The number of carbonyl (C=O) groups is 1. The Kier molecular flexibility index (Phi) is 5.38. The molecular weight excluding hydrogens is 428 g/mol. The molecule has 0 bridgehead atoms. The molecule has 1 amide bonds. The SMILES string of the molecule is CC1CN(c2ncnc3c2c(-c2ccccc2)cn3-c2cccc(C#N)c2)C(C)CN1C(=O)O. The predicted octanol–water partition coefficient (Wildman–Crippen LogP) is 4.54.